The maximum atomic E-state index is 13.7. The molecule has 0 saturated carbocycles. The van der Waals surface area contributed by atoms with E-state index in [1.165, 1.54) is 20.3 Å². The molecule has 0 bridgehead atoms. The maximum Gasteiger partial charge on any atom is 0.256 e. The summed E-state index contributed by atoms with van der Waals surface area (Å²) in [5.74, 6) is 1.25. The van der Waals surface area contributed by atoms with Crippen molar-refractivity contribution in [2.24, 2.45) is 0 Å². The summed E-state index contributed by atoms with van der Waals surface area (Å²) >= 11 is 0. The van der Waals surface area contributed by atoms with Crippen molar-refractivity contribution in [3.63, 3.8) is 0 Å². The fourth-order valence-corrected chi connectivity index (χ4v) is 4.72. The molecule has 0 aliphatic rings. The molecule has 0 aromatic heterocycles. The zero-order valence-corrected chi connectivity index (χ0v) is 17.9. The molecule has 0 unspecified atom stereocenters. The summed E-state index contributed by atoms with van der Waals surface area (Å²) in [7, 11) is -1.23. The Kier molecular flexibility index (Phi) is 8.80. The Labute approximate surface area is 177 Å². The fraction of sp³-hybridized carbons (Fsp3) is 0.364. The number of allylic oxidation sites excluding steroid dienone is 1. The lowest BCUT2D eigenvalue weighted by Crippen LogP contribution is -2.41. The minimum atomic E-state index is -4.29. The van der Waals surface area contributed by atoms with Crippen LogP contribution in [0.5, 0.6) is 11.5 Å². The van der Waals surface area contributed by atoms with Crippen molar-refractivity contribution in [2.45, 2.75) is 37.6 Å². The molecule has 2 aromatic carbocycles. The second kappa shape index (κ2) is 11.1. The maximum absolute atomic E-state index is 13.7. The highest BCUT2D eigenvalue weighted by atomic mass is 32.2. The van der Waals surface area contributed by atoms with Gasteiger partial charge in [-0.3, -0.25) is 0 Å². The van der Waals surface area contributed by atoms with Crippen LogP contribution in [0.4, 0.5) is 8.78 Å². The molecule has 0 saturated heterocycles. The molecule has 0 spiro atoms. The SMILES string of the molecule is C=CCC[C@@H](C(F)F)S(=O)(=O)N(Cc1ccc(OC)cc1)Cc1ccc(OC)cc1. The summed E-state index contributed by atoms with van der Waals surface area (Å²) in [6.45, 7) is 3.45. The minimum Gasteiger partial charge on any atom is -0.497 e. The van der Waals surface area contributed by atoms with Crippen molar-refractivity contribution in [3.8, 4) is 11.5 Å². The normalized spacial score (nSPS) is 12.7. The van der Waals surface area contributed by atoms with E-state index in [4.69, 9.17) is 9.47 Å². The van der Waals surface area contributed by atoms with E-state index in [1.807, 2.05) is 0 Å². The van der Waals surface area contributed by atoms with Crippen molar-refractivity contribution >= 4 is 10.0 Å². The van der Waals surface area contributed by atoms with Gasteiger partial charge >= 0.3 is 0 Å². The standard InChI is InChI=1S/C22H27F2NO4S/c1-4-5-6-21(22(23)24)30(26,27)25(15-17-7-11-19(28-2)12-8-17)16-18-9-13-20(29-3)14-10-18/h4,7-14,21-22H,1,5-6,15-16H2,2-3H3/t21-/m0/s1. The Bertz CT molecular complexity index is 850. The van der Waals surface area contributed by atoms with Crippen molar-refractivity contribution in [1.82, 2.24) is 4.31 Å². The molecule has 5 nitrogen and oxygen atoms in total. The molecule has 0 N–H and O–H groups in total. The lowest BCUT2D eigenvalue weighted by Gasteiger charge is -2.27. The second-order valence-corrected chi connectivity index (χ2v) is 8.90. The van der Waals surface area contributed by atoms with Crippen molar-refractivity contribution in [1.29, 1.82) is 0 Å². The van der Waals surface area contributed by atoms with Gasteiger partial charge in [0.2, 0.25) is 10.0 Å². The summed E-state index contributed by atoms with van der Waals surface area (Å²) in [4.78, 5) is 0. The van der Waals surface area contributed by atoms with Crippen LogP contribution in [0.2, 0.25) is 0 Å². The fourth-order valence-electron chi connectivity index (χ4n) is 2.98. The van der Waals surface area contributed by atoms with Crippen molar-refractivity contribution < 1.29 is 26.7 Å². The van der Waals surface area contributed by atoms with E-state index in [9.17, 15) is 17.2 Å². The van der Waals surface area contributed by atoms with Gasteiger partial charge < -0.3 is 9.47 Å². The molecule has 2 aromatic rings. The van der Waals surface area contributed by atoms with E-state index >= 15 is 0 Å². The Morgan fingerprint density at radius 3 is 1.70 bits per heavy atom. The average molecular weight is 440 g/mol. The van der Waals surface area contributed by atoms with Crippen LogP contribution in [0.15, 0.2) is 61.2 Å². The zero-order valence-electron chi connectivity index (χ0n) is 17.1. The van der Waals surface area contributed by atoms with Crippen LogP contribution in [0.1, 0.15) is 24.0 Å². The number of sulfonamides is 1. The van der Waals surface area contributed by atoms with E-state index in [1.54, 1.807) is 48.5 Å². The second-order valence-electron chi connectivity index (χ2n) is 6.75. The highest BCUT2D eigenvalue weighted by Crippen LogP contribution is 2.26. The Morgan fingerprint density at radius 1 is 0.933 bits per heavy atom. The zero-order chi connectivity index (χ0) is 22.1. The van der Waals surface area contributed by atoms with Gasteiger partial charge in [0, 0.05) is 13.1 Å². The summed E-state index contributed by atoms with van der Waals surface area (Å²) < 4.78 is 65.1. The predicted octanol–water partition coefficient (Wildman–Crippen LogP) is 4.64. The quantitative estimate of drug-likeness (QED) is 0.452. The molecule has 0 aliphatic heterocycles. The summed E-state index contributed by atoms with van der Waals surface area (Å²) in [6, 6.07) is 13.7. The van der Waals surface area contributed by atoms with E-state index in [-0.39, 0.29) is 25.9 Å². The first-order chi connectivity index (χ1) is 14.3. The van der Waals surface area contributed by atoms with Gasteiger partial charge in [0.05, 0.1) is 14.2 Å². The number of hydrogen-bond acceptors (Lipinski definition) is 4. The molecular formula is C22H27F2NO4S. The molecular weight excluding hydrogens is 412 g/mol. The number of ether oxygens (including phenoxy) is 2. The minimum absolute atomic E-state index is 0.0321. The van der Waals surface area contributed by atoms with Crippen LogP contribution in [-0.2, 0) is 23.1 Å². The molecule has 2 rings (SSSR count). The van der Waals surface area contributed by atoms with E-state index in [0.717, 1.165) is 4.31 Å². The van der Waals surface area contributed by atoms with Gasteiger partial charge in [-0.05, 0) is 48.2 Å². The summed E-state index contributed by atoms with van der Waals surface area (Å²) in [5.41, 5.74) is 1.34. The highest BCUT2D eigenvalue weighted by molar-refractivity contribution is 7.89. The predicted molar refractivity (Wildman–Crippen MR) is 113 cm³/mol. The third kappa shape index (κ3) is 6.27. The monoisotopic (exact) mass is 439 g/mol. The van der Waals surface area contributed by atoms with Gasteiger partial charge in [-0.15, -0.1) is 6.58 Å². The van der Waals surface area contributed by atoms with Crippen LogP contribution >= 0.6 is 0 Å². The molecule has 0 fully saturated rings. The summed E-state index contributed by atoms with van der Waals surface area (Å²) in [5, 5.41) is -1.80. The molecule has 30 heavy (non-hydrogen) atoms. The highest BCUT2D eigenvalue weighted by Gasteiger charge is 2.38. The molecule has 164 valence electrons. The van der Waals surface area contributed by atoms with E-state index in [2.05, 4.69) is 6.58 Å². The first-order valence-electron chi connectivity index (χ1n) is 9.45. The first-order valence-corrected chi connectivity index (χ1v) is 11.0. The third-order valence-electron chi connectivity index (χ3n) is 4.71. The van der Waals surface area contributed by atoms with E-state index < -0.39 is 21.7 Å². The van der Waals surface area contributed by atoms with Crippen molar-refractivity contribution in [3.05, 3.63) is 72.3 Å². The van der Waals surface area contributed by atoms with Crippen LogP contribution in [-0.4, -0.2) is 38.6 Å². The molecule has 0 heterocycles. The number of benzene rings is 2. The van der Waals surface area contributed by atoms with Crippen LogP contribution in [0.3, 0.4) is 0 Å². The van der Waals surface area contributed by atoms with E-state index in [0.29, 0.717) is 22.6 Å². The number of alkyl halides is 2. The lowest BCUT2D eigenvalue weighted by molar-refractivity contribution is 0.135. The molecule has 8 heteroatoms. The first kappa shape index (κ1) is 23.8. The smallest absolute Gasteiger partial charge is 0.256 e. The van der Waals surface area contributed by atoms with Gasteiger partial charge in [-0.25, -0.2) is 17.2 Å². The van der Waals surface area contributed by atoms with Gasteiger partial charge in [0.25, 0.3) is 6.43 Å². The molecule has 0 amide bonds. The largest absolute Gasteiger partial charge is 0.497 e. The van der Waals surface area contributed by atoms with Crippen LogP contribution < -0.4 is 9.47 Å². The van der Waals surface area contributed by atoms with Gasteiger partial charge in [-0.2, -0.15) is 4.31 Å². The number of methoxy groups -OCH3 is 2. The summed E-state index contributed by atoms with van der Waals surface area (Å²) in [6.07, 6.45) is -1.55. The Balaban J connectivity index is 2.37. The average Bonchev–Trinajstić information content (AvgIpc) is 2.74. The molecule has 0 radical (unpaired) electrons. The topological polar surface area (TPSA) is 55.8 Å². The Morgan fingerprint density at radius 2 is 1.37 bits per heavy atom. The van der Waals surface area contributed by atoms with Crippen LogP contribution in [0, 0.1) is 0 Å². The molecule has 0 aliphatic carbocycles. The lowest BCUT2D eigenvalue weighted by atomic mass is 10.2. The number of halogens is 2. The van der Waals surface area contributed by atoms with Crippen LogP contribution in [0.25, 0.3) is 0 Å². The van der Waals surface area contributed by atoms with Gasteiger partial charge in [-0.1, -0.05) is 30.3 Å². The third-order valence-corrected chi connectivity index (χ3v) is 6.90. The van der Waals surface area contributed by atoms with Crippen molar-refractivity contribution in [2.75, 3.05) is 14.2 Å². The molecule has 1 atom stereocenters. The Hall–Kier alpha value is -2.45. The van der Waals surface area contributed by atoms with Gasteiger partial charge in [0.1, 0.15) is 16.7 Å². The number of nitrogens with zero attached hydrogens (tertiary/aromatic N) is 1. The number of rotatable bonds is 12. The van der Waals surface area contributed by atoms with Gasteiger partial charge in [0.15, 0.2) is 0 Å². The number of hydrogen-bond donors (Lipinski definition) is 0.